The Bertz CT molecular complexity index is 717. The fourth-order valence-electron chi connectivity index (χ4n) is 3.12. The van der Waals surface area contributed by atoms with E-state index in [2.05, 4.69) is 0 Å². The van der Waals surface area contributed by atoms with E-state index >= 15 is 0 Å². The standard InChI is InChI=1S/C20H23NO4/c1-23-18-9-8-15(12-19(18)24-2)13-20(22)21-10-11-25-14-17(21)16-6-4-3-5-7-16/h3-9,12,17H,10-11,13-14H2,1-2H3. The molecular weight excluding hydrogens is 318 g/mol. The summed E-state index contributed by atoms with van der Waals surface area (Å²) in [5.41, 5.74) is 2.00. The minimum absolute atomic E-state index is 0.0393. The third-order valence-electron chi connectivity index (χ3n) is 4.44. The summed E-state index contributed by atoms with van der Waals surface area (Å²) in [6, 6.07) is 15.6. The van der Waals surface area contributed by atoms with Crippen LogP contribution in [0.4, 0.5) is 0 Å². The third kappa shape index (κ3) is 3.94. The van der Waals surface area contributed by atoms with Gasteiger partial charge >= 0.3 is 0 Å². The SMILES string of the molecule is COc1ccc(CC(=O)N2CCOCC2c2ccccc2)cc1OC. The molecule has 25 heavy (non-hydrogen) atoms. The number of hydrogen-bond acceptors (Lipinski definition) is 4. The molecule has 0 N–H and O–H groups in total. The van der Waals surface area contributed by atoms with Gasteiger partial charge in [-0.15, -0.1) is 0 Å². The Hall–Kier alpha value is -2.53. The van der Waals surface area contributed by atoms with Crippen molar-refractivity contribution >= 4 is 5.91 Å². The topological polar surface area (TPSA) is 48.0 Å². The van der Waals surface area contributed by atoms with Crippen LogP contribution in [0.3, 0.4) is 0 Å². The molecule has 1 atom stereocenters. The van der Waals surface area contributed by atoms with Gasteiger partial charge in [0.2, 0.25) is 5.91 Å². The fourth-order valence-corrected chi connectivity index (χ4v) is 3.12. The molecule has 0 saturated carbocycles. The molecule has 0 radical (unpaired) electrons. The number of benzene rings is 2. The van der Waals surface area contributed by atoms with E-state index in [1.165, 1.54) is 0 Å². The van der Waals surface area contributed by atoms with E-state index in [0.717, 1.165) is 11.1 Å². The highest BCUT2D eigenvalue weighted by molar-refractivity contribution is 5.79. The van der Waals surface area contributed by atoms with Gasteiger partial charge in [-0.2, -0.15) is 0 Å². The van der Waals surface area contributed by atoms with E-state index in [-0.39, 0.29) is 11.9 Å². The van der Waals surface area contributed by atoms with Crippen molar-refractivity contribution in [3.8, 4) is 11.5 Å². The second kappa shape index (κ2) is 8.03. The Kier molecular flexibility index (Phi) is 5.56. The first-order chi connectivity index (χ1) is 12.2. The summed E-state index contributed by atoms with van der Waals surface area (Å²) in [6.45, 7) is 1.70. The van der Waals surface area contributed by atoms with E-state index < -0.39 is 0 Å². The predicted molar refractivity (Wildman–Crippen MR) is 95.0 cm³/mol. The van der Waals surface area contributed by atoms with Crippen molar-refractivity contribution in [2.24, 2.45) is 0 Å². The van der Waals surface area contributed by atoms with E-state index in [9.17, 15) is 4.79 Å². The first-order valence-electron chi connectivity index (χ1n) is 8.36. The van der Waals surface area contributed by atoms with Crippen LogP contribution in [0.15, 0.2) is 48.5 Å². The molecule has 0 bridgehead atoms. The van der Waals surface area contributed by atoms with Crippen LogP contribution in [0.2, 0.25) is 0 Å². The molecule has 132 valence electrons. The highest BCUT2D eigenvalue weighted by atomic mass is 16.5. The number of hydrogen-bond donors (Lipinski definition) is 0. The summed E-state index contributed by atoms with van der Waals surface area (Å²) in [5.74, 6) is 1.38. The van der Waals surface area contributed by atoms with Crippen LogP contribution >= 0.6 is 0 Å². The Balaban J connectivity index is 1.77. The van der Waals surface area contributed by atoms with Crippen LogP contribution in [-0.2, 0) is 16.0 Å². The molecule has 1 unspecified atom stereocenters. The lowest BCUT2D eigenvalue weighted by atomic mass is 10.0. The Morgan fingerprint density at radius 1 is 1.12 bits per heavy atom. The van der Waals surface area contributed by atoms with Gasteiger partial charge in [0.05, 0.1) is 39.9 Å². The summed E-state index contributed by atoms with van der Waals surface area (Å²) >= 11 is 0. The minimum Gasteiger partial charge on any atom is -0.493 e. The average molecular weight is 341 g/mol. The maximum absolute atomic E-state index is 12.9. The summed E-state index contributed by atoms with van der Waals surface area (Å²) in [4.78, 5) is 14.8. The number of rotatable bonds is 5. The summed E-state index contributed by atoms with van der Waals surface area (Å²) < 4.78 is 16.2. The molecule has 2 aromatic rings. The molecule has 5 nitrogen and oxygen atoms in total. The van der Waals surface area contributed by atoms with Gasteiger partial charge in [0.1, 0.15) is 0 Å². The first kappa shape index (κ1) is 17.3. The van der Waals surface area contributed by atoms with E-state index in [1.807, 2.05) is 53.4 Å². The summed E-state index contributed by atoms with van der Waals surface area (Å²) in [5, 5.41) is 0. The molecule has 3 rings (SSSR count). The van der Waals surface area contributed by atoms with Crippen molar-refractivity contribution in [3.05, 3.63) is 59.7 Å². The van der Waals surface area contributed by atoms with Crippen molar-refractivity contribution in [3.63, 3.8) is 0 Å². The lowest BCUT2D eigenvalue weighted by Crippen LogP contribution is -2.44. The first-order valence-corrected chi connectivity index (χ1v) is 8.36. The zero-order valence-electron chi connectivity index (χ0n) is 14.6. The van der Waals surface area contributed by atoms with Gasteiger partial charge in [0.25, 0.3) is 0 Å². The number of ether oxygens (including phenoxy) is 3. The largest absolute Gasteiger partial charge is 0.493 e. The molecule has 1 heterocycles. The van der Waals surface area contributed by atoms with E-state index in [0.29, 0.717) is 37.7 Å². The van der Waals surface area contributed by atoms with Crippen molar-refractivity contribution in [2.45, 2.75) is 12.5 Å². The quantitative estimate of drug-likeness (QED) is 0.839. The highest BCUT2D eigenvalue weighted by Crippen LogP contribution is 2.29. The molecule has 1 amide bonds. The lowest BCUT2D eigenvalue weighted by Gasteiger charge is -2.36. The molecule has 2 aromatic carbocycles. The van der Waals surface area contributed by atoms with Crippen molar-refractivity contribution in [1.29, 1.82) is 0 Å². The predicted octanol–water partition coefficient (Wildman–Crippen LogP) is 2.85. The molecule has 0 aliphatic carbocycles. The number of morpholine rings is 1. The minimum atomic E-state index is -0.0393. The second-order valence-electron chi connectivity index (χ2n) is 5.95. The maximum Gasteiger partial charge on any atom is 0.227 e. The number of methoxy groups -OCH3 is 2. The van der Waals surface area contributed by atoms with Gasteiger partial charge < -0.3 is 19.1 Å². The monoisotopic (exact) mass is 341 g/mol. The number of amides is 1. The lowest BCUT2D eigenvalue weighted by molar-refractivity contribution is -0.139. The molecule has 5 heteroatoms. The maximum atomic E-state index is 12.9. The van der Waals surface area contributed by atoms with Gasteiger partial charge in [-0.1, -0.05) is 36.4 Å². The Morgan fingerprint density at radius 3 is 2.60 bits per heavy atom. The molecule has 0 spiro atoms. The van der Waals surface area contributed by atoms with Gasteiger partial charge in [0, 0.05) is 6.54 Å². The molecule has 1 aliphatic heterocycles. The third-order valence-corrected chi connectivity index (χ3v) is 4.44. The van der Waals surface area contributed by atoms with Crippen molar-refractivity contribution in [1.82, 2.24) is 4.90 Å². The fraction of sp³-hybridized carbons (Fsp3) is 0.350. The normalized spacial score (nSPS) is 17.2. The van der Waals surface area contributed by atoms with Crippen LogP contribution in [-0.4, -0.2) is 44.8 Å². The average Bonchev–Trinajstić information content (AvgIpc) is 2.68. The van der Waals surface area contributed by atoms with E-state index in [1.54, 1.807) is 14.2 Å². The Morgan fingerprint density at radius 2 is 1.88 bits per heavy atom. The molecular formula is C20H23NO4. The van der Waals surface area contributed by atoms with E-state index in [4.69, 9.17) is 14.2 Å². The Labute approximate surface area is 148 Å². The van der Waals surface area contributed by atoms with Crippen LogP contribution in [0.1, 0.15) is 17.2 Å². The number of nitrogens with zero attached hydrogens (tertiary/aromatic N) is 1. The van der Waals surface area contributed by atoms with Crippen LogP contribution in [0.5, 0.6) is 11.5 Å². The number of carbonyl (C=O) groups excluding carboxylic acids is 1. The van der Waals surface area contributed by atoms with Crippen LogP contribution in [0, 0.1) is 0 Å². The summed E-state index contributed by atoms with van der Waals surface area (Å²) in [6.07, 6.45) is 0.323. The highest BCUT2D eigenvalue weighted by Gasteiger charge is 2.28. The molecule has 1 aliphatic rings. The van der Waals surface area contributed by atoms with Crippen molar-refractivity contribution < 1.29 is 19.0 Å². The van der Waals surface area contributed by atoms with Crippen LogP contribution < -0.4 is 9.47 Å². The summed E-state index contributed by atoms with van der Waals surface area (Å²) in [7, 11) is 3.19. The molecule has 1 saturated heterocycles. The number of carbonyl (C=O) groups is 1. The van der Waals surface area contributed by atoms with Crippen molar-refractivity contribution in [2.75, 3.05) is 34.0 Å². The van der Waals surface area contributed by atoms with Crippen LogP contribution in [0.25, 0.3) is 0 Å². The molecule has 1 fully saturated rings. The zero-order valence-corrected chi connectivity index (χ0v) is 14.6. The van der Waals surface area contributed by atoms with Gasteiger partial charge in [0.15, 0.2) is 11.5 Å². The smallest absolute Gasteiger partial charge is 0.227 e. The second-order valence-corrected chi connectivity index (χ2v) is 5.95. The van der Waals surface area contributed by atoms with Gasteiger partial charge in [-0.05, 0) is 23.3 Å². The molecule has 0 aromatic heterocycles. The van der Waals surface area contributed by atoms with Gasteiger partial charge in [-0.25, -0.2) is 0 Å². The zero-order chi connectivity index (χ0) is 17.6. The van der Waals surface area contributed by atoms with Gasteiger partial charge in [-0.3, -0.25) is 4.79 Å².